The summed E-state index contributed by atoms with van der Waals surface area (Å²) in [6.45, 7) is 20.6. The minimum atomic E-state index is -0.511. The zero-order valence-electron chi connectivity index (χ0n) is 40.1. The zero-order valence-corrected chi connectivity index (χ0v) is 40.1. The summed E-state index contributed by atoms with van der Waals surface area (Å²) >= 11 is 0. The molecule has 4 aliphatic rings. The molecule has 4 aliphatic carbocycles. The highest BCUT2D eigenvalue weighted by Crippen LogP contribution is 2.65. The molecule has 0 heterocycles. The molecule has 324 valence electrons. The molecule has 0 amide bonds. The Kier molecular flexibility index (Phi) is 8.18. The third-order valence-electron chi connectivity index (χ3n) is 16.2. The molecule has 0 bridgehead atoms. The highest BCUT2D eigenvalue weighted by molar-refractivity contribution is 5.97. The quantitative estimate of drug-likeness (QED) is 0.171. The summed E-state index contributed by atoms with van der Waals surface area (Å²) in [5.74, 6) is 0. The van der Waals surface area contributed by atoms with Gasteiger partial charge in [-0.1, -0.05) is 175 Å². The molecule has 2 spiro atoms. The van der Waals surface area contributed by atoms with Crippen LogP contribution in [0.2, 0.25) is 0 Å². The van der Waals surface area contributed by atoms with Gasteiger partial charge in [0.1, 0.15) is 0 Å². The number of hydrogen-bond donors (Lipinski definition) is 0. The van der Waals surface area contributed by atoms with E-state index < -0.39 is 10.8 Å². The van der Waals surface area contributed by atoms with Crippen molar-refractivity contribution in [2.24, 2.45) is 0 Å². The van der Waals surface area contributed by atoms with Gasteiger partial charge in [-0.2, -0.15) is 0 Å². The van der Waals surface area contributed by atoms with E-state index in [1.54, 1.807) is 0 Å². The normalized spacial score (nSPS) is 15.3. The fraction of sp³-hybridized carbons (Fsp3) is 0.182. The number of nitrogens with zero attached hydrogens (tertiary/aromatic N) is 1. The van der Waals surface area contributed by atoms with Crippen molar-refractivity contribution in [3.8, 4) is 33.4 Å². The smallest absolute Gasteiger partial charge is 0.0726 e. The molecule has 1 nitrogen and oxygen atoms in total. The van der Waals surface area contributed by atoms with Crippen molar-refractivity contribution in [3.05, 3.63) is 264 Å². The van der Waals surface area contributed by atoms with Gasteiger partial charge in [0.15, 0.2) is 0 Å². The molecule has 0 N–H and O–H groups in total. The van der Waals surface area contributed by atoms with Gasteiger partial charge in [-0.3, -0.25) is 0 Å². The van der Waals surface area contributed by atoms with Crippen molar-refractivity contribution in [1.82, 2.24) is 0 Å². The lowest BCUT2D eigenvalue weighted by atomic mass is 9.55. The maximum absolute atomic E-state index is 2.57. The van der Waals surface area contributed by atoms with E-state index in [-0.39, 0.29) is 5.41 Å². The van der Waals surface area contributed by atoms with E-state index in [0.29, 0.717) is 0 Å². The lowest BCUT2D eigenvalue weighted by Crippen LogP contribution is -2.41. The largest absolute Gasteiger partial charge is 0.310 e. The van der Waals surface area contributed by atoms with E-state index in [4.69, 9.17) is 0 Å². The highest BCUT2D eigenvalue weighted by Gasteiger charge is 2.55. The number of anilines is 3. The Morgan fingerprint density at radius 1 is 0.254 bits per heavy atom. The molecular formula is C66H55N. The Bertz CT molecular complexity index is 3500. The second-order valence-corrected chi connectivity index (χ2v) is 21.1. The van der Waals surface area contributed by atoms with Crippen LogP contribution >= 0.6 is 0 Å². The van der Waals surface area contributed by atoms with E-state index in [1.807, 2.05) is 0 Å². The van der Waals surface area contributed by atoms with Gasteiger partial charge in [0.2, 0.25) is 0 Å². The van der Waals surface area contributed by atoms with Gasteiger partial charge in [0.05, 0.1) is 10.8 Å². The molecule has 0 atom stereocenters. The monoisotopic (exact) mass is 861 g/mol. The maximum Gasteiger partial charge on any atom is 0.0726 e. The minimum Gasteiger partial charge on any atom is -0.310 e. The maximum atomic E-state index is 2.57. The third kappa shape index (κ3) is 5.21. The van der Waals surface area contributed by atoms with Gasteiger partial charge >= 0.3 is 0 Å². The lowest BCUT2D eigenvalue weighted by molar-refractivity contribution is 0.562. The molecule has 13 rings (SSSR count). The Balaban J connectivity index is 1.12. The highest BCUT2D eigenvalue weighted by atomic mass is 15.1. The van der Waals surface area contributed by atoms with Crippen LogP contribution in [-0.4, -0.2) is 0 Å². The van der Waals surface area contributed by atoms with E-state index in [2.05, 4.69) is 237 Å². The van der Waals surface area contributed by atoms with Crippen LogP contribution in [0.1, 0.15) is 108 Å². The average molecular weight is 862 g/mol. The SMILES string of the molecule is Cc1cc(C)cc(N(c2ccc3c(c2)C2(c4cc(C)ccc4-c4ccc(C)cc42)c2cc(C)ccc2-3)c2ccc3c(c2)C2(c4ccccc4-3)c3cc(C)ccc3C(C)(C)c3ccc(C)cc32)c1. The molecule has 0 aliphatic heterocycles. The minimum absolute atomic E-state index is 0.178. The molecule has 0 unspecified atom stereocenters. The molecular weight excluding hydrogens is 807 g/mol. The van der Waals surface area contributed by atoms with Crippen LogP contribution in [0.25, 0.3) is 33.4 Å². The van der Waals surface area contributed by atoms with Crippen LogP contribution in [0.4, 0.5) is 17.1 Å². The first-order valence-corrected chi connectivity index (χ1v) is 24.1. The van der Waals surface area contributed by atoms with Crippen molar-refractivity contribution in [3.63, 3.8) is 0 Å². The lowest BCUT2D eigenvalue weighted by Gasteiger charge is -2.47. The first-order chi connectivity index (χ1) is 32.3. The van der Waals surface area contributed by atoms with E-state index in [1.165, 1.54) is 134 Å². The Labute approximate surface area is 396 Å². The molecule has 0 radical (unpaired) electrons. The summed E-state index contributed by atoms with van der Waals surface area (Å²) in [5.41, 5.74) is 33.0. The fourth-order valence-corrected chi connectivity index (χ4v) is 13.5. The van der Waals surface area contributed by atoms with Crippen LogP contribution in [0.3, 0.4) is 0 Å². The number of hydrogen-bond acceptors (Lipinski definition) is 1. The topological polar surface area (TPSA) is 3.24 Å². The van der Waals surface area contributed by atoms with Gasteiger partial charge in [0.25, 0.3) is 0 Å². The molecule has 0 aromatic heterocycles. The van der Waals surface area contributed by atoms with Crippen molar-refractivity contribution in [1.29, 1.82) is 0 Å². The molecule has 1 heteroatoms. The summed E-state index contributed by atoms with van der Waals surface area (Å²) in [7, 11) is 0. The van der Waals surface area contributed by atoms with Crippen molar-refractivity contribution >= 4 is 17.1 Å². The number of benzene rings is 9. The molecule has 0 saturated heterocycles. The van der Waals surface area contributed by atoms with Crippen molar-refractivity contribution in [2.75, 3.05) is 4.90 Å². The number of rotatable bonds is 3. The third-order valence-corrected chi connectivity index (χ3v) is 16.2. The van der Waals surface area contributed by atoms with E-state index in [9.17, 15) is 0 Å². The summed E-state index contributed by atoms with van der Waals surface area (Å²) in [6.07, 6.45) is 0. The van der Waals surface area contributed by atoms with Crippen LogP contribution < -0.4 is 4.90 Å². The summed E-state index contributed by atoms with van der Waals surface area (Å²) in [4.78, 5) is 2.56. The Morgan fingerprint density at radius 3 is 1.04 bits per heavy atom. The average Bonchev–Trinajstić information content (AvgIpc) is 3.86. The van der Waals surface area contributed by atoms with Gasteiger partial charge in [-0.25, -0.2) is 0 Å². The molecule has 9 aromatic carbocycles. The fourth-order valence-electron chi connectivity index (χ4n) is 13.5. The number of aryl methyl sites for hydroxylation is 7. The van der Waals surface area contributed by atoms with Crippen LogP contribution in [0.15, 0.2) is 170 Å². The summed E-state index contributed by atoms with van der Waals surface area (Å²) in [6, 6.07) is 67.0. The zero-order chi connectivity index (χ0) is 45.9. The van der Waals surface area contributed by atoms with Gasteiger partial charge < -0.3 is 4.90 Å². The van der Waals surface area contributed by atoms with Crippen LogP contribution in [-0.2, 0) is 16.2 Å². The first-order valence-electron chi connectivity index (χ1n) is 24.1. The van der Waals surface area contributed by atoms with E-state index >= 15 is 0 Å². The summed E-state index contributed by atoms with van der Waals surface area (Å²) in [5, 5.41) is 0. The second kappa shape index (κ2) is 13.7. The molecule has 9 aromatic rings. The van der Waals surface area contributed by atoms with Gasteiger partial charge in [0, 0.05) is 22.5 Å². The first kappa shape index (κ1) is 40.1. The Morgan fingerprint density at radius 2 is 0.597 bits per heavy atom. The van der Waals surface area contributed by atoms with Gasteiger partial charge in [-0.05, 0) is 185 Å². The Hall–Kier alpha value is -7.22. The summed E-state index contributed by atoms with van der Waals surface area (Å²) < 4.78 is 0. The second-order valence-electron chi connectivity index (χ2n) is 21.1. The molecule has 67 heavy (non-hydrogen) atoms. The van der Waals surface area contributed by atoms with E-state index in [0.717, 1.165) is 11.4 Å². The molecule has 0 saturated carbocycles. The predicted octanol–water partition coefficient (Wildman–Crippen LogP) is 16.7. The van der Waals surface area contributed by atoms with Crippen LogP contribution in [0.5, 0.6) is 0 Å². The number of fused-ring (bicyclic) bond motifs is 19. The molecule has 0 fully saturated rings. The van der Waals surface area contributed by atoms with Crippen molar-refractivity contribution in [2.45, 2.75) is 78.6 Å². The van der Waals surface area contributed by atoms with Crippen molar-refractivity contribution < 1.29 is 0 Å². The standard InChI is InChI=1S/C66H55N/c1-38-14-21-49-50-22-15-39(2)32-58(50)66(57(49)31-38)59-33-40(3)16-23-51(59)53-25-20-46(37-61(53)66)67(47-29-43(6)28-44(7)30-47)45-19-24-52-48-12-10-11-13-54(48)65(60(52)36-45)62-34-41(4)17-26-55(62)64(8,9)56-27-18-42(5)35-63(56)65/h10-37H,1-9H3. The predicted molar refractivity (Wildman–Crippen MR) is 280 cm³/mol. The van der Waals surface area contributed by atoms with Crippen LogP contribution in [0, 0.1) is 48.5 Å². The van der Waals surface area contributed by atoms with Gasteiger partial charge in [-0.15, -0.1) is 0 Å².